The molecule has 0 saturated carbocycles. The van der Waals surface area contributed by atoms with Crippen LogP contribution in [0.25, 0.3) is 0 Å². The molecular formula is C10H12N6O3. The Morgan fingerprint density at radius 2 is 2.05 bits per heavy atom. The molecule has 0 saturated heterocycles. The maximum Gasteiger partial charge on any atom is 0.227 e. The predicted molar refractivity (Wildman–Crippen MR) is 64.1 cm³/mol. The van der Waals surface area contributed by atoms with Gasteiger partial charge in [-0.25, -0.2) is 4.63 Å². The number of carbonyl (C=O) groups is 2. The topological polar surface area (TPSA) is 115 Å². The van der Waals surface area contributed by atoms with Gasteiger partial charge in [0.15, 0.2) is 0 Å². The van der Waals surface area contributed by atoms with Crippen molar-refractivity contribution < 1.29 is 14.2 Å². The van der Waals surface area contributed by atoms with Crippen LogP contribution in [-0.2, 0) is 16.1 Å². The van der Waals surface area contributed by atoms with Gasteiger partial charge in [0, 0.05) is 32.3 Å². The molecule has 0 bridgehead atoms. The zero-order chi connectivity index (χ0) is 13.7. The molecule has 9 heteroatoms. The summed E-state index contributed by atoms with van der Waals surface area (Å²) in [7, 11) is 0. The van der Waals surface area contributed by atoms with Gasteiger partial charge < -0.3 is 10.6 Å². The normalized spacial score (nSPS) is 10.2. The largest absolute Gasteiger partial charge is 0.305 e. The number of aromatic nitrogens is 4. The fourth-order valence-corrected chi connectivity index (χ4v) is 1.36. The SMILES string of the molecule is CC(=O)Nc1nonc1NC(=O)CCn1cccn1. The molecule has 0 aliphatic carbocycles. The van der Waals surface area contributed by atoms with Crippen molar-refractivity contribution in [1.29, 1.82) is 0 Å². The molecule has 0 radical (unpaired) electrons. The Morgan fingerprint density at radius 1 is 1.32 bits per heavy atom. The van der Waals surface area contributed by atoms with Gasteiger partial charge in [-0.1, -0.05) is 0 Å². The Bertz CT molecular complexity index is 562. The fourth-order valence-electron chi connectivity index (χ4n) is 1.36. The molecule has 9 nitrogen and oxygen atoms in total. The van der Waals surface area contributed by atoms with Crippen LogP contribution >= 0.6 is 0 Å². The first-order chi connectivity index (χ1) is 9.15. The highest BCUT2D eigenvalue weighted by Gasteiger charge is 2.14. The van der Waals surface area contributed by atoms with Crippen molar-refractivity contribution in [2.24, 2.45) is 0 Å². The van der Waals surface area contributed by atoms with E-state index in [1.165, 1.54) is 6.92 Å². The highest BCUT2D eigenvalue weighted by Crippen LogP contribution is 2.15. The molecule has 2 aromatic rings. The minimum Gasteiger partial charge on any atom is -0.305 e. The summed E-state index contributed by atoms with van der Waals surface area (Å²) in [6.07, 6.45) is 3.61. The Balaban J connectivity index is 1.88. The number of anilines is 2. The van der Waals surface area contributed by atoms with Gasteiger partial charge in [0.2, 0.25) is 23.5 Å². The zero-order valence-corrected chi connectivity index (χ0v) is 10.2. The summed E-state index contributed by atoms with van der Waals surface area (Å²) in [5.74, 6) is -0.443. The van der Waals surface area contributed by atoms with E-state index in [0.717, 1.165) is 0 Å². The van der Waals surface area contributed by atoms with Crippen molar-refractivity contribution in [2.75, 3.05) is 10.6 Å². The smallest absolute Gasteiger partial charge is 0.227 e. The maximum absolute atomic E-state index is 11.7. The quantitative estimate of drug-likeness (QED) is 0.800. The second-order valence-electron chi connectivity index (χ2n) is 3.71. The Kier molecular flexibility index (Phi) is 3.86. The summed E-state index contributed by atoms with van der Waals surface area (Å²) >= 11 is 0. The number of hydrogen-bond donors (Lipinski definition) is 2. The van der Waals surface area contributed by atoms with E-state index in [9.17, 15) is 9.59 Å². The van der Waals surface area contributed by atoms with E-state index < -0.39 is 0 Å². The fraction of sp³-hybridized carbons (Fsp3) is 0.300. The van der Waals surface area contributed by atoms with Gasteiger partial charge in [-0.3, -0.25) is 14.3 Å². The first-order valence-corrected chi connectivity index (χ1v) is 5.52. The number of nitrogens with one attached hydrogen (secondary N) is 2. The standard InChI is InChI=1S/C10H12N6O3/c1-7(17)12-9-10(15-19-14-9)13-8(18)3-6-16-5-2-4-11-16/h2,4-5H,3,6H2,1H3,(H,12,14,17)(H,13,15,18). The Hall–Kier alpha value is -2.71. The lowest BCUT2D eigenvalue weighted by atomic mass is 10.4. The van der Waals surface area contributed by atoms with Gasteiger partial charge in [-0.15, -0.1) is 0 Å². The van der Waals surface area contributed by atoms with Crippen LogP contribution < -0.4 is 10.6 Å². The Labute approximate surface area is 107 Å². The second kappa shape index (κ2) is 5.76. The van der Waals surface area contributed by atoms with Crippen LogP contribution in [-0.4, -0.2) is 31.9 Å². The van der Waals surface area contributed by atoms with Crippen molar-refractivity contribution in [3.8, 4) is 0 Å². The maximum atomic E-state index is 11.7. The first-order valence-electron chi connectivity index (χ1n) is 5.52. The first kappa shape index (κ1) is 12.7. The third-order valence-corrected chi connectivity index (χ3v) is 2.17. The summed E-state index contributed by atoms with van der Waals surface area (Å²) in [6.45, 7) is 1.76. The molecule has 0 aromatic carbocycles. The second-order valence-corrected chi connectivity index (χ2v) is 3.71. The number of amides is 2. The van der Waals surface area contributed by atoms with Gasteiger partial charge >= 0.3 is 0 Å². The monoisotopic (exact) mass is 264 g/mol. The minimum absolute atomic E-state index is 0.0833. The molecule has 2 rings (SSSR count). The summed E-state index contributed by atoms with van der Waals surface area (Å²) in [4.78, 5) is 22.6. The highest BCUT2D eigenvalue weighted by molar-refractivity contribution is 5.96. The summed E-state index contributed by atoms with van der Waals surface area (Å²) < 4.78 is 6.09. The van der Waals surface area contributed by atoms with Crippen LogP contribution in [0, 0.1) is 0 Å². The summed E-state index contributed by atoms with van der Waals surface area (Å²) in [6, 6.07) is 1.77. The van der Waals surface area contributed by atoms with Gasteiger partial charge in [0.05, 0.1) is 0 Å². The highest BCUT2D eigenvalue weighted by atomic mass is 16.6. The lowest BCUT2D eigenvalue weighted by molar-refractivity contribution is -0.116. The molecule has 0 fully saturated rings. The van der Waals surface area contributed by atoms with Gasteiger partial charge in [-0.2, -0.15) is 5.10 Å². The van der Waals surface area contributed by atoms with Gasteiger partial charge in [-0.05, 0) is 16.4 Å². The van der Waals surface area contributed by atoms with Gasteiger partial charge in [0.25, 0.3) is 0 Å². The van der Waals surface area contributed by atoms with Crippen molar-refractivity contribution in [3.63, 3.8) is 0 Å². The average molecular weight is 264 g/mol. The van der Waals surface area contributed by atoms with Crippen LogP contribution in [0.2, 0.25) is 0 Å². The molecule has 0 unspecified atom stereocenters. The van der Waals surface area contributed by atoms with Crippen LogP contribution in [0.1, 0.15) is 13.3 Å². The number of rotatable bonds is 5. The van der Waals surface area contributed by atoms with E-state index in [0.29, 0.717) is 6.54 Å². The molecule has 2 aromatic heterocycles. The van der Waals surface area contributed by atoms with Crippen LogP contribution in [0.5, 0.6) is 0 Å². The van der Waals surface area contributed by atoms with Crippen LogP contribution in [0.3, 0.4) is 0 Å². The van der Waals surface area contributed by atoms with Crippen LogP contribution in [0.15, 0.2) is 23.1 Å². The molecular weight excluding hydrogens is 252 g/mol. The molecule has 0 aliphatic heterocycles. The van der Waals surface area contributed by atoms with E-state index in [2.05, 4.69) is 30.7 Å². The van der Waals surface area contributed by atoms with Gasteiger partial charge in [0.1, 0.15) is 0 Å². The van der Waals surface area contributed by atoms with Crippen molar-refractivity contribution >= 4 is 23.5 Å². The van der Waals surface area contributed by atoms with E-state index in [1.54, 1.807) is 23.1 Å². The minimum atomic E-state index is -0.331. The van der Waals surface area contributed by atoms with E-state index >= 15 is 0 Å². The third kappa shape index (κ3) is 3.63. The number of hydrogen-bond acceptors (Lipinski definition) is 6. The lowest BCUT2D eigenvalue weighted by Gasteiger charge is -2.03. The van der Waals surface area contributed by atoms with Crippen molar-refractivity contribution in [1.82, 2.24) is 20.1 Å². The summed E-state index contributed by atoms with van der Waals surface area (Å²) in [5, 5.41) is 15.8. The molecule has 2 heterocycles. The average Bonchev–Trinajstić information content (AvgIpc) is 2.98. The molecule has 0 aliphatic rings. The van der Waals surface area contributed by atoms with Crippen LogP contribution in [0.4, 0.5) is 11.6 Å². The molecule has 0 atom stereocenters. The van der Waals surface area contributed by atoms with E-state index in [4.69, 9.17) is 0 Å². The predicted octanol–water partition coefficient (Wildman–Crippen LogP) is 0.253. The molecule has 2 N–H and O–H groups in total. The van der Waals surface area contributed by atoms with E-state index in [-0.39, 0.29) is 29.9 Å². The molecule has 100 valence electrons. The summed E-state index contributed by atoms with van der Waals surface area (Å²) in [5.41, 5.74) is 0. The number of aryl methyl sites for hydroxylation is 1. The third-order valence-electron chi connectivity index (χ3n) is 2.17. The molecule has 0 spiro atoms. The lowest BCUT2D eigenvalue weighted by Crippen LogP contribution is -2.17. The van der Waals surface area contributed by atoms with E-state index in [1.807, 2.05) is 0 Å². The Morgan fingerprint density at radius 3 is 2.68 bits per heavy atom. The number of nitrogens with zero attached hydrogens (tertiary/aromatic N) is 4. The molecule has 2 amide bonds. The zero-order valence-electron chi connectivity index (χ0n) is 10.2. The molecule has 19 heavy (non-hydrogen) atoms. The van der Waals surface area contributed by atoms with Crippen molar-refractivity contribution in [2.45, 2.75) is 19.9 Å². The number of carbonyl (C=O) groups excluding carboxylic acids is 2. The van der Waals surface area contributed by atoms with Crippen molar-refractivity contribution in [3.05, 3.63) is 18.5 Å².